The summed E-state index contributed by atoms with van der Waals surface area (Å²) in [4.78, 5) is 14.8. The van der Waals surface area contributed by atoms with E-state index in [1.807, 2.05) is 0 Å². The second-order valence-corrected chi connectivity index (χ2v) is 7.59. The summed E-state index contributed by atoms with van der Waals surface area (Å²) in [5.41, 5.74) is 0.317. The van der Waals surface area contributed by atoms with Gasteiger partial charge in [-0.3, -0.25) is 4.79 Å². The van der Waals surface area contributed by atoms with Crippen LogP contribution in [-0.2, 0) is 4.79 Å². The van der Waals surface area contributed by atoms with Crippen molar-refractivity contribution < 1.29 is 4.79 Å². The molecule has 3 heteroatoms. The van der Waals surface area contributed by atoms with Crippen LogP contribution in [0.25, 0.3) is 0 Å². The maximum absolute atomic E-state index is 12.7. The Balaban J connectivity index is 1.97. The largest absolute Gasteiger partial charge is 0.342 e. The minimum Gasteiger partial charge on any atom is -0.342 e. The van der Waals surface area contributed by atoms with Gasteiger partial charge in [-0.2, -0.15) is 0 Å². The van der Waals surface area contributed by atoms with E-state index in [0.717, 1.165) is 26.1 Å². The molecule has 1 aliphatic carbocycles. The van der Waals surface area contributed by atoms with Gasteiger partial charge in [0.2, 0.25) is 5.91 Å². The summed E-state index contributed by atoms with van der Waals surface area (Å²) in [5.74, 6) is 1.15. The minimum absolute atomic E-state index is 0.159. The van der Waals surface area contributed by atoms with Crippen LogP contribution >= 0.6 is 0 Å². The molecule has 2 fully saturated rings. The van der Waals surface area contributed by atoms with Gasteiger partial charge in [0, 0.05) is 25.0 Å². The molecule has 1 aliphatic heterocycles. The van der Waals surface area contributed by atoms with Gasteiger partial charge >= 0.3 is 0 Å². The molecule has 3 nitrogen and oxygen atoms in total. The van der Waals surface area contributed by atoms with Crippen LogP contribution in [0.5, 0.6) is 0 Å². The Bertz CT molecular complexity index is 348. The zero-order valence-electron chi connectivity index (χ0n) is 13.4. The highest BCUT2D eigenvalue weighted by molar-refractivity contribution is 5.84. The van der Waals surface area contributed by atoms with Crippen LogP contribution in [0.2, 0.25) is 0 Å². The number of likely N-dealkylation sites (tertiary alicyclic amines) is 1. The number of carbonyl (C=O) groups is 1. The fraction of sp³-hybridized carbons (Fsp3) is 0.938. The topological polar surface area (TPSA) is 32.3 Å². The Morgan fingerprint density at radius 3 is 2.26 bits per heavy atom. The van der Waals surface area contributed by atoms with Crippen LogP contribution < -0.4 is 5.32 Å². The molecule has 1 saturated carbocycles. The number of rotatable bonds is 3. The lowest BCUT2D eigenvalue weighted by molar-refractivity contribution is -0.135. The molecule has 1 heterocycles. The third kappa shape index (κ3) is 2.31. The number of hydrogen-bond donors (Lipinski definition) is 1. The van der Waals surface area contributed by atoms with Gasteiger partial charge in [0.25, 0.3) is 0 Å². The van der Waals surface area contributed by atoms with Crippen molar-refractivity contribution in [2.24, 2.45) is 22.7 Å². The van der Waals surface area contributed by atoms with Gasteiger partial charge in [0.1, 0.15) is 0 Å². The van der Waals surface area contributed by atoms with E-state index < -0.39 is 0 Å². The lowest BCUT2D eigenvalue weighted by atomic mass is 9.93. The highest BCUT2D eigenvalue weighted by Crippen LogP contribution is 2.68. The lowest BCUT2D eigenvalue weighted by Crippen LogP contribution is -2.50. The summed E-state index contributed by atoms with van der Waals surface area (Å²) < 4.78 is 0. The van der Waals surface area contributed by atoms with E-state index >= 15 is 0 Å². The SMILES string of the molecule is CCNC1CCN(C(=O)C2C(C)(C)C2(C)C)CC1C. The molecule has 0 bridgehead atoms. The molecule has 1 amide bonds. The van der Waals surface area contributed by atoms with Crippen molar-refractivity contribution in [2.75, 3.05) is 19.6 Å². The summed E-state index contributed by atoms with van der Waals surface area (Å²) in [6, 6.07) is 0.578. The molecular formula is C16H30N2O. The molecule has 2 unspecified atom stereocenters. The molecule has 1 saturated heterocycles. The third-order valence-corrected chi connectivity index (χ3v) is 5.95. The molecular weight excluding hydrogens is 236 g/mol. The maximum atomic E-state index is 12.7. The smallest absolute Gasteiger partial charge is 0.226 e. The van der Waals surface area contributed by atoms with E-state index in [4.69, 9.17) is 0 Å². The fourth-order valence-electron chi connectivity index (χ4n) is 3.91. The molecule has 19 heavy (non-hydrogen) atoms. The first kappa shape index (κ1) is 14.8. The van der Waals surface area contributed by atoms with Crippen molar-refractivity contribution >= 4 is 5.91 Å². The van der Waals surface area contributed by atoms with Crippen LogP contribution in [0.15, 0.2) is 0 Å². The summed E-state index contributed by atoms with van der Waals surface area (Å²) in [6.45, 7) is 16.2. The molecule has 110 valence electrons. The number of nitrogens with one attached hydrogen (secondary N) is 1. The summed E-state index contributed by atoms with van der Waals surface area (Å²) >= 11 is 0. The van der Waals surface area contributed by atoms with Gasteiger partial charge < -0.3 is 10.2 Å². The Morgan fingerprint density at radius 2 is 1.84 bits per heavy atom. The number of hydrogen-bond acceptors (Lipinski definition) is 2. The average Bonchev–Trinajstić information content (AvgIpc) is 2.72. The molecule has 2 aliphatic rings. The van der Waals surface area contributed by atoms with Crippen molar-refractivity contribution in [1.29, 1.82) is 0 Å². The van der Waals surface area contributed by atoms with Crippen LogP contribution in [0.3, 0.4) is 0 Å². The first-order valence-corrected chi connectivity index (χ1v) is 7.75. The molecule has 0 radical (unpaired) electrons. The molecule has 0 aromatic carbocycles. The Morgan fingerprint density at radius 1 is 1.26 bits per heavy atom. The number of amides is 1. The lowest BCUT2D eigenvalue weighted by Gasteiger charge is -2.37. The van der Waals surface area contributed by atoms with Gasteiger partial charge in [0.15, 0.2) is 0 Å². The van der Waals surface area contributed by atoms with E-state index in [9.17, 15) is 4.79 Å². The number of piperidine rings is 1. The van der Waals surface area contributed by atoms with Gasteiger partial charge in [-0.1, -0.05) is 41.5 Å². The van der Waals surface area contributed by atoms with Crippen molar-refractivity contribution in [3.8, 4) is 0 Å². The number of carbonyl (C=O) groups excluding carboxylic acids is 1. The Hall–Kier alpha value is -0.570. The molecule has 2 atom stereocenters. The van der Waals surface area contributed by atoms with Crippen molar-refractivity contribution in [3.63, 3.8) is 0 Å². The second-order valence-electron chi connectivity index (χ2n) is 7.59. The fourth-order valence-corrected chi connectivity index (χ4v) is 3.91. The zero-order chi connectivity index (χ0) is 14.4. The maximum Gasteiger partial charge on any atom is 0.226 e. The zero-order valence-corrected chi connectivity index (χ0v) is 13.4. The van der Waals surface area contributed by atoms with E-state index in [0.29, 0.717) is 17.9 Å². The van der Waals surface area contributed by atoms with Gasteiger partial charge in [-0.25, -0.2) is 0 Å². The summed E-state index contributed by atoms with van der Waals surface area (Å²) in [7, 11) is 0. The second kappa shape index (κ2) is 4.76. The van der Waals surface area contributed by atoms with E-state index in [1.54, 1.807) is 0 Å². The van der Waals surface area contributed by atoms with Gasteiger partial charge in [-0.15, -0.1) is 0 Å². The number of nitrogens with zero attached hydrogens (tertiary/aromatic N) is 1. The van der Waals surface area contributed by atoms with E-state index in [-0.39, 0.29) is 16.7 Å². The predicted octanol–water partition coefficient (Wildman–Crippen LogP) is 2.52. The molecule has 0 aromatic heterocycles. The first-order valence-electron chi connectivity index (χ1n) is 7.75. The monoisotopic (exact) mass is 266 g/mol. The molecule has 0 spiro atoms. The summed E-state index contributed by atoms with van der Waals surface area (Å²) in [5, 5.41) is 3.53. The van der Waals surface area contributed by atoms with Crippen LogP contribution in [0.4, 0.5) is 0 Å². The molecule has 1 N–H and O–H groups in total. The summed E-state index contributed by atoms with van der Waals surface area (Å²) in [6.07, 6.45) is 1.09. The van der Waals surface area contributed by atoms with Gasteiger partial charge in [0.05, 0.1) is 0 Å². The van der Waals surface area contributed by atoms with Crippen molar-refractivity contribution in [2.45, 2.75) is 54.0 Å². The third-order valence-electron chi connectivity index (χ3n) is 5.95. The van der Waals surface area contributed by atoms with Crippen LogP contribution in [-0.4, -0.2) is 36.5 Å². The molecule has 0 aromatic rings. The Labute approximate surface area is 118 Å². The highest BCUT2D eigenvalue weighted by Gasteiger charge is 2.68. The quantitative estimate of drug-likeness (QED) is 0.851. The minimum atomic E-state index is 0.159. The van der Waals surface area contributed by atoms with E-state index in [2.05, 4.69) is 51.8 Å². The van der Waals surface area contributed by atoms with Crippen LogP contribution in [0, 0.1) is 22.7 Å². The standard InChI is InChI=1S/C16H30N2O/c1-7-17-12-8-9-18(10-11(12)2)14(19)13-15(3,4)16(13,5)6/h11-13,17H,7-10H2,1-6H3. The van der Waals surface area contributed by atoms with Crippen LogP contribution in [0.1, 0.15) is 48.0 Å². The average molecular weight is 266 g/mol. The van der Waals surface area contributed by atoms with Gasteiger partial charge in [-0.05, 0) is 29.7 Å². The normalized spacial score (nSPS) is 33.3. The van der Waals surface area contributed by atoms with Crippen molar-refractivity contribution in [1.82, 2.24) is 10.2 Å². The van der Waals surface area contributed by atoms with Crippen molar-refractivity contribution in [3.05, 3.63) is 0 Å². The first-order chi connectivity index (χ1) is 8.73. The molecule has 2 rings (SSSR count). The Kier molecular flexibility index (Phi) is 3.72. The predicted molar refractivity (Wildman–Crippen MR) is 78.9 cm³/mol. The van der Waals surface area contributed by atoms with E-state index in [1.165, 1.54) is 0 Å². The highest BCUT2D eigenvalue weighted by atomic mass is 16.2.